The van der Waals surface area contributed by atoms with Crippen LogP contribution in [-0.4, -0.2) is 96.9 Å². The molecule has 0 rings (SSSR count). The molecule has 0 unspecified atom stereocenters. The fourth-order valence-corrected chi connectivity index (χ4v) is 5.58. The summed E-state index contributed by atoms with van der Waals surface area (Å²) in [6.45, 7) is 7.31. The van der Waals surface area contributed by atoms with Gasteiger partial charge in [-0.3, -0.25) is 28.8 Å². The lowest BCUT2D eigenvalue weighted by Crippen LogP contribution is -2.42. The van der Waals surface area contributed by atoms with Gasteiger partial charge >= 0.3 is 35.8 Å². The smallest absolute Gasteiger partial charge is 0.307 e. The monoisotopic (exact) mass is 705 g/mol. The van der Waals surface area contributed by atoms with E-state index in [1.807, 2.05) is 13.8 Å². The predicted octanol–water partition coefficient (Wildman–Crippen LogP) is 3.59. The topological polar surface area (TPSA) is 268 Å². The van der Waals surface area contributed by atoms with Crippen LogP contribution in [0.25, 0.3) is 0 Å². The number of ether oxygens (including phenoxy) is 2. The number of unbranched alkanes of at least 4 members (excludes halogenated alkanes) is 4. The summed E-state index contributed by atoms with van der Waals surface area (Å²) in [6, 6.07) is -0.432. The number of aliphatic carboxylic acids is 4. The zero-order valence-electron chi connectivity index (χ0n) is 29.3. The Balaban J connectivity index is 5.84. The first-order valence-corrected chi connectivity index (χ1v) is 17.3. The Bertz CT molecular complexity index is 1030. The summed E-state index contributed by atoms with van der Waals surface area (Å²) in [7, 11) is 0. The average Bonchev–Trinajstić information content (AvgIpc) is 2.98. The number of aliphatic hydroxyl groups is 2. The van der Waals surface area contributed by atoms with Crippen LogP contribution in [0.5, 0.6) is 0 Å². The minimum atomic E-state index is -1.55. The number of carboxylic acid groups (broad SMARTS) is 4. The van der Waals surface area contributed by atoms with Crippen LogP contribution in [0.3, 0.4) is 0 Å². The lowest BCUT2D eigenvalue weighted by Gasteiger charge is -2.33. The first kappa shape index (κ1) is 45.7. The number of aliphatic hydroxyl groups excluding tert-OH is 2. The third-order valence-electron chi connectivity index (χ3n) is 8.60. The van der Waals surface area contributed by atoms with Crippen molar-refractivity contribution in [3.63, 3.8) is 0 Å². The van der Waals surface area contributed by atoms with E-state index in [9.17, 15) is 49.2 Å². The molecule has 49 heavy (non-hydrogen) atoms. The van der Waals surface area contributed by atoms with E-state index >= 15 is 0 Å². The highest BCUT2D eigenvalue weighted by atomic mass is 16.6. The lowest BCUT2D eigenvalue weighted by molar-refractivity contribution is -0.177. The highest BCUT2D eigenvalue weighted by Crippen LogP contribution is 2.29. The molecule has 0 aliphatic carbocycles. The Morgan fingerprint density at radius 2 is 1.12 bits per heavy atom. The maximum atomic E-state index is 13.0. The number of carbonyl (C=O) groups excluding carboxylic acids is 2. The highest BCUT2D eigenvalue weighted by Gasteiger charge is 2.37. The van der Waals surface area contributed by atoms with Gasteiger partial charge in [0.1, 0.15) is 12.2 Å². The molecule has 15 heteroatoms. The van der Waals surface area contributed by atoms with Crippen LogP contribution >= 0.6 is 0 Å². The maximum Gasteiger partial charge on any atom is 0.307 e. The van der Waals surface area contributed by atoms with Crippen molar-refractivity contribution in [3.8, 4) is 0 Å². The van der Waals surface area contributed by atoms with Gasteiger partial charge in [0.15, 0.2) is 0 Å². The van der Waals surface area contributed by atoms with Gasteiger partial charge in [0.2, 0.25) is 0 Å². The molecule has 0 saturated heterocycles. The lowest BCUT2D eigenvalue weighted by atomic mass is 9.87. The molecule has 8 N–H and O–H groups in total. The molecule has 0 aliphatic heterocycles. The molecule has 0 fully saturated rings. The molecular formula is C34H59NO14. The molecule has 0 amide bonds. The molecule has 0 bridgehead atoms. The van der Waals surface area contributed by atoms with E-state index in [1.165, 1.54) is 0 Å². The summed E-state index contributed by atoms with van der Waals surface area (Å²) >= 11 is 0. The standard InChI is InChI=1S/C34H59NO14/c1-5-6-12-21(3)32(49-31(43)18-24(34(46)47)16-29(40)41)27(48-30(42)17-23(33(44)45)15-28(38)39)14-20(2)11-9-7-8-10-13-25(36)19-26(37)22(4)35/h20-27,32,36-37H,5-19,35H2,1-4H3,(H,38,39)(H,40,41)(H,44,45)(H,46,47)/t20-,21+,22-,23-,24+,25+,26+,27+,32+/m1/s1. The maximum absolute atomic E-state index is 13.0. The Hall–Kier alpha value is -3.30. The van der Waals surface area contributed by atoms with Crippen LogP contribution in [0.2, 0.25) is 0 Å². The van der Waals surface area contributed by atoms with E-state index < -0.39 is 110 Å². The van der Waals surface area contributed by atoms with Crippen LogP contribution in [-0.2, 0) is 38.2 Å². The molecule has 0 radical (unpaired) electrons. The average molecular weight is 706 g/mol. The zero-order valence-corrected chi connectivity index (χ0v) is 29.3. The molecule has 0 spiro atoms. The van der Waals surface area contributed by atoms with E-state index in [2.05, 4.69) is 0 Å². The molecular weight excluding hydrogens is 646 g/mol. The fraction of sp³-hybridized carbons (Fsp3) is 0.824. The van der Waals surface area contributed by atoms with Gasteiger partial charge in [-0.25, -0.2) is 0 Å². The third kappa shape index (κ3) is 21.4. The van der Waals surface area contributed by atoms with Crippen molar-refractivity contribution in [3.05, 3.63) is 0 Å². The number of esters is 2. The summed E-state index contributed by atoms with van der Waals surface area (Å²) in [5.74, 6) is -11.3. The van der Waals surface area contributed by atoms with E-state index in [-0.39, 0.29) is 18.8 Å². The van der Waals surface area contributed by atoms with Crippen LogP contribution in [0.1, 0.15) is 124 Å². The minimum absolute atomic E-state index is 0.0859. The second-order valence-corrected chi connectivity index (χ2v) is 13.4. The third-order valence-corrected chi connectivity index (χ3v) is 8.60. The molecule has 0 heterocycles. The van der Waals surface area contributed by atoms with Gasteiger partial charge in [-0.1, -0.05) is 65.7 Å². The Morgan fingerprint density at radius 3 is 1.57 bits per heavy atom. The van der Waals surface area contributed by atoms with Gasteiger partial charge in [0.25, 0.3) is 0 Å². The first-order chi connectivity index (χ1) is 22.9. The van der Waals surface area contributed by atoms with E-state index in [4.69, 9.17) is 25.4 Å². The zero-order chi connectivity index (χ0) is 37.7. The highest BCUT2D eigenvalue weighted by molar-refractivity contribution is 5.83. The molecule has 0 saturated carbocycles. The minimum Gasteiger partial charge on any atom is -0.481 e. The molecule has 0 aromatic carbocycles. The quantitative estimate of drug-likeness (QED) is 0.0433. The van der Waals surface area contributed by atoms with Gasteiger partial charge in [0, 0.05) is 12.5 Å². The van der Waals surface area contributed by atoms with Crippen molar-refractivity contribution in [2.45, 2.75) is 154 Å². The van der Waals surface area contributed by atoms with Gasteiger partial charge in [-0.2, -0.15) is 0 Å². The van der Waals surface area contributed by atoms with Crippen molar-refractivity contribution in [2.24, 2.45) is 29.4 Å². The number of carbonyl (C=O) groups is 6. The van der Waals surface area contributed by atoms with Crippen molar-refractivity contribution in [1.29, 1.82) is 0 Å². The van der Waals surface area contributed by atoms with Gasteiger partial charge in [-0.05, 0) is 38.0 Å². The second kappa shape index (κ2) is 24.8. The summed E-state index contributed by atoms with van der Waals surface area (Å²) < 4.78 is 11.5. The van der Waals surface area contributed by atoms with Crippen LogP contribution < -0.4 is 5.73 Å². The number of nitrogens with two attached hydrogens (primary N) is 1. The SMILES string of the molecule is CCCC[C@H](C)[C@H](OC(=O)C[C@H](CC(=O)O)C(=O)O)[C@H](C[C@H](C)CCCCCC[C@H](O)C[C@H](O)[C@@H](C)N)OC(=O)C[C@@H](CC(=O)O)C(=O)O. The molecule has 0 aromatic heterocycles. The Kier molecular flexibility index (Phi) is 23.1. The van der Waals surface area contributed by atoms with Crippen molar-refractivity contribution >= 4 is 35.8 Å². The largest absolute Gasteiger partial charge is 0.481 e. The summed E-state index contributed by atoms with van der Waals surface area (Å²) in [4.78, 5) is 71.6. The number of hydrogen-bond acceptors (Lipinski definition) is 11. The second-order valence-electron chi connectivity index (χ2n) is 13.4. The number of carboxylic acids is 4. The summed E-state index contributed by atoms with van der Waals surface area (Å²) in [6.07, 6.45) is 0.203. The molecule has 15 nitrogen and oxygen atoms in total. The van der Waals surface area contributed by atoms with E-state index in [0.717, 1.165) is 38.5 Å². The molecule has 0 aromatic rings. The Morgan fingerprint density at radius 1 is 0.633 bits per heavy atom. The predicted molar refractivity (Wildman–Crippen MR) is 176 cm³/mol. The van der Waals surface area contributed by atoms with Crippen LogP contribution in [0.15, 0.2) is 0 Å². The molecule has 284 valence electrons. The normalized spacial score (nSPS) is 17.0. The molecule has 9 atom stereocenters. The van der Waals surface area contributed by atoms with Crippen molar-refractivity contribution in [1.82, 2.24) is 0 Å². The number of hydrogen-bond donors (Lipinski definition) is 7. The van der Waals surface area contributed by atoms with Gasteiger partial charge in [0.05, 0.1) is 49.7 Å². The van der Waals surface area contributed by atoms with Crippen LogP contribution in [0, 0.1) is 23.7 Å². The van der Waals surface area contributed by atoms with Crippen molar-refractivity contribution < 1.29 is 68.9 Å². The fourth-order valence-electron chi connectivity index (χ4n) is 5.58. The van der Waals surface area contributed by atoms with E-state index in [1.54, 1.807) is 13.8 Å². The van der Waals surface area contributed by atoms with Crippen LogP contribution in [0.4, 0.5) is 0 Å². The summed E-state index contributed by atoms with van der Waals surface area (Å²) in [5.41, 5.74) is 5.64. The van der Waals surface area contributed by atoms with Crippen molar-refractivity contribution in [2.75, 3.05) is 0 Å². The summed E-state index contributed by atoms with van der Waals surface area (Å²) in [5, 5.41) is 57.0. The number of rotatable bonds is 29. The van der Waals surface area contributed by atoms with Gasteiger partial charge in [-0.15, -0.1) is 0 Å². The van der Waals surface area contributed by atoms with Gasteiger partial charge < -0.3 is 45.8 Å². The van der Waals surface area contributed by atoms with E-state index in [0.29, 0.717) is 19.3 Å². The Labute approximate surface area is 288 Å². The first-order valence-electron chi connectivity index (χ1n) is 17.3. The molecule has 0 aliphatic rings.